The van der Waals surface area contributed by atoms with E-state index in [9.17, 15) is 14.4 Å². The number of benzene rings is 1. The first kappa shape index (κ1) is 25.0. The van der Waals surface area contributed by atoms with Gasteiger partial charge in [-0.2, -0.15) is 0 Å². The van der Waals surface area contributed by atoms with Gasteiger partial charge in [0.2, 0.25) is 11.8 Å². The van der Waals surface area contributed by atoms with Gasteiger partial charge >= 0.3 is 0 Å². The van der Waals surface area contributed by atoms with Crippen LogP contribution in [0.25, 0.3) is 0 Å². The van der Waals surface area contributed by atoms with Gasteiger partial charge in [-0.05, 0) is 58.1 Å². The van der Waals surface area contributed by atoms with Gasteiger partial charge in [0.05, 0.1) is 24.1 Å². The molecule has 2 aliphatic heterocycles. The van der Waals surface area contributed by atoms with Crippen LogP contribution >= 0.6 is 0 Å². The first-order chi connectivity index (χ1) is 15.8. The summed E-state index contributed by atoms with van der Waals surface area (Å²) < 4.78 is 12.2. The van der Waals surface area contributed by atoms with Crippen molar-refractivity contribution >= 4 is 23.4 Å². The second kappa shape index (κ2) is 11.5. The van der Waals surface area contributed by atoms with Gasteiger partial charge in [-0.15, -0.1) is 0 Å². The van der Waals surface area contributed by atoms with Crippen LogP contribution in [0.4, 0.5) is 5.69 Å². The maximum absolute atomic E-state index is 13.2. The van der Waals surface area contributed by atoms with Gasteiger partial charge in [0.15, 0.2) is 0 Å². The van der Waals surface area contributed by atoms with Crippen LogP contribution in [0.3, 0.4) is 0 Å². The van der Waals surface area contributed by atoms with Gasteiger partial charge < -0.3 is 29.9 Å². The van der Waals surface area contributed by atoms with E-state index < -0.39 is 0 Å². The van der Waals surface area contributed by atoms with Crippen molar-refractivity contribution in [2.75, 3.05) is 46.2 Å². The van der Waals surface area contributed by atoms with Crippen LogP contribution in [0.15, 0.2) is 18.2 Å². The molecule has 1 fully saturated rings. The average molecular weight is 461 g/mol. The zero-order chi connectivity index (χ0) is 24.0. The number of carbonyl (C=O) groups is 3. The van der Waals surface area contributed by atoms with Crippen molar-refractivity contribution in [3.8, 4) is 5.75 Å². The summed E-state index contributed by atoms with van der Waals surface area (Å²) in [5, 5.41) is 5.75. The summed E-state index contributed by atoms with van der Waals surface area (Å²) in [5.41, 5.74) is 0.990. The van der Waals surface area contributed by atoms with Gasteiger partial charge in [-0.25, -0.2) is 0 Å². The second-order valence-corrected chi connectivity index (χ2v) is 8.99. The molecule has 3 atom stereocenters. The van der Waals surface area contributed by atoms with Crippen LogP contribution in [0, 0.1) is 0 Å². The maximum atomic E-state index is 13.2. The molecule has 2 aliphatic rings. The Morgan fingerprint density at radius 1 is 1.21 bits per heavy atom. The highest BCUT2D eigenvalue weighted by Gasteiger charge is 2.39. The number of ether oxygens (including phenoxy) is 2. The molecule has 9 nitrogen and oxygen atoms in total. The predicted octanol–water partition coefficient (Wildman–Crippen LogP) is 1.87. The lowest BCUT2D eigenvalue weighted by Gasteiger charge is -2.42. The summed E-state index contributed by atoms with van der Waals surface area (Å²) in [4.78, 5) is 41.1. The fourth-order valence-corrected chi connectivity index (χ4v) is 4.26. The normalized spacial score (nSPS) is 22.5. The zero-order valence-electron chi connectivity index (χ0n) is 20.1. The third kappa shape index (κ3) is 6.68. The third-order valence-corrected chi connectivity index (χ3v) is 6.13. The summed E-state index contributed by atoms with van der Waals surface area (Å²) in [6.07, 6.45) is 2.49. The molecule has 0 unspecified atom stereocenters. The highest BCUT2D eigenvalue weighted by molar-refractivity contribution is 5.99. The number of hydrogen-bond acceptors (Lipinski definition) is 6. The summed E-state index contributed by atoms with van der Waals surface area (Å²) in [7, 11) is 5.79. The standard InChI is InChI=1S/C24H36N4O5/c1-5-22(29)26-16-7-10-20-18(13-16)24(31)28(4)19-9-8-17(33-21(19)15-32-20)14-23(30)25-11-6-12-27(2)3/h7,10,13,17,19,21H,5-6,8-9,11-12,14-15H2,1-4H3,(H,25,30)(H,26,29)/t17-,19+,21+/m0/s1. The first-order valence-electron chi connectivity index (χ1n) is 11.7. The minimum atomic E-state index is -0.313. The molecular formula is C24H36N4O5. The monoisotopic (exact) mass is 460 g/mol. The molecule has 2 N–H and O–H groups in total. The molecule has 3 amide bonds. The van der Waals surface area contributed by atoms with Gasteiger partial charge in [0, 0.05) is 25.7 Å². The van der Waals surface area contributed by atoms with Crippen LogP contribution in [0.2, 0.25) is 0 Å². The van der Waals surface area contributed by atoms with Crippen molar-refractivity contribution in [1.82, 2.24) is 15.1 Å². The number of nitrogens with one attached hydrogen (secondary N) is 2. The number of carbonyl (C=O) groups excluding carboxylic acids is 3. The SMILES string of the molecule is CCC(=O)Nc1ccc2c(c1)C(=O)N(C)[C@@H]1CC[C@@H](CC(=O)NCCCN(C)C)O[C@@H]1CO2. The summed E-state index contributed by atoms with van der Waals surface area (Å²) in [6, 6.07) is 4.95. The number of fused-ring (bicyclic) bond motifs is 2. The fraction of sp³-hybridized carbons (Fsp3) is 0.625. The Morgan fingerprint density at radius 3 is 2.73 bits per heavy atom. The molecule has 3 rings (SSSR count). The first-order valence-corrected chi connectivity index (χ1v) is 11.7. The van der Waals surface area contributed by atoms with E-state index >= 15 is 0 Å². The van der Waals surface area contributed by atoms with E-state index in [1.807, 2.05) is 14.1 Å². The number of rotatable bonds is 8. The zero-order valence-corrected chi connectivity index (χ0v) is 20.1. The second-order valence-electron chi connectivity index (χ2n) is 8.99. The summed E-state index contributed by atoms with van der Waals surface area (Å²) in [5.74, 6) is 0.161. The lowest BCUT2D eigenvalue weighted by molar-refractivity contribution is -0.134. The number of hydrogen-bond donors (Lipinski definition) is 2. The summed E-state index contributed by atoms with van der Waals surface area (Å²) >= 11 is 0. The van der Waals surface area contributed by atoms with Gasteiger partial charge in [0.1, 0.15) is 18.5 Å². The van der Waals surface area contributed by atoms with Gasteiger partial charge in [-0.1, -0.05) is 6.92 Å². The van der Waals surface area contributed by atoms with Crippen molar-refractivity contribution in [3.63, 3.8) is 0 Å². The fourth-order valence-electron chi connectivity index (χ4n) is 4.26. The molecule has 0 aliphatic carbocycles. The Morgan fingerprint density at radius 2 is 2.00 bits per heavy atom. The quantitative estimate of drug-likeness (QED) is 0.575. The number of nitrogens with zero attached hydrogens (tertiary/aromatic N) is 2. The number of anilines is 1. The molecule has 0 saturated carbocycles. The van der Waals surface area contributed by atoms with Crippen molar-refractivity contribution in [2.45, 2.75) is 57.3 Å². The third-order valence-electron chi connectivity index (χ3n) is 6.13. The molecule has 0 bridgehead atoms. The van der Waals surface area contributed by atoms with Crippen molar-refractivity contribution in [3.05, 3.63) is 23.8 Å². The van der Waals surface area contributed by atoms with Crippen LogP contribution in [0.5, 0.6) is 5.75 Å². The van der Waals surface area contributed by atoms with E-state index in [-0.39, 0.29) is 42.6 Å². The van der Waals surface area contributed by atoms with E-state index in [0.717, 1.165) is 19.4 Å². The number of amides is 3. The van der Waals surface area contributed by atoms with Gasteiger partial charge in [-0.3, -0.25) is 14.4 Å². The van der Waals surface area contributed by atoms with Crippen LogP contribution < -0.4 is 15.4 Å². The van der Waals surface area contributed by atoms with E-state index in [4.69, 9.17) is 9.47 Å². The Hall–Kier alpha value is -2.65. The Labute approximate surface area is 195 Å². The Kier molecular flexibility index (Phi) is 8.68. The van der Waals surface area contributed by atoms with Crippen molar-refractivity contribution < 1.29 is 23.9 Å². The van der Waals surface area contributed by atoms with Gasteiger partial charge in [0.25, 0.3) is 5.91 Å². The van der Waals surface area contributed by atoms with Crippen LogP contribution in [-0.2, 0) is 14.3 Å². The molecule has 0 aromatic heterocycles. The molecule has 1 aromatic carbocycles. The number of likely N-dealkylation sites (N-methyl/N-ethyl adjacent to an activating group) is 1. The Bertz CT molecular complexity index is 859. The highest BCUT2D eigenvalue weighted by Crippen LogP contribution is 2.32. The topological polar surface area (TPSA) is 100 Å². The Balaban J connectivity index is 1.62. The van der Waals surface area contributed by atoms with Crippen molar-refractivity contribution in [2.24, 2.45) is 0 Å². The van der Waals surface area contributed by atoms with Crippen LogP contribution in [-0.4, -0.2) is 86.6 Å². The molecule has 2 heterocycles. The minimum Gasteiger partial charge on any atom is -0.490 e. The smallest absolute Gasteiger partial charge is 0.257 e. The van der Waals surface area contributed by atoms with E-state index in [1.165, 1.54) is 0 Å². The summed E-state index contributed by atoms with van der Waals surface area (Å²) in [6.45, 7) is 3.64. The largest absolute Gasteiger partial charge is 0.490 e. The van der Waals surface area contributed by atoms with E-state index in [0.29, 0.717) is 42.8 Å². The van der Waals surface area contributed by atoms with Crippen LogP contribution in [0.1, 0.15) is 49.4 Å². The maximum Gasteiger partial charge on any atom is 0.257 e. The average Bonchev–Trinajstić information content (AvgIpc) is 2.79. The minimum absolute atomic E-state index is 0.0135. The lowest BCUT2D eigenvalue weighted by Crippen LogP contribution is -2.54. The highest BCUT2D eigenvalue weighted by atomic mass is 16.5. The molecular weight excluding hydrogens is 424 g/mol. The molecule has 1 saturated heterocycles. The lowest BCUT2D eigenvalue weighted by atomic mass is 9.94. The molecule has 182 valence electrons. The van der Waals surface area contributed by atoms with E-state index in [1.54, 1.807) is 37.1 Å². The molecule has 9 heteroatoms. The van der Waals surface area contributed by atoms with Crippen molar-refractivity contribution in [1.29, 1.82) is 0 Å². The molecule has 0 radical (unpaired) electrons. The molecule has 33 heavy (non-hydrogen) atoms. The van der Waals surface area contributed by atoms with E-state index in [2.05, 4.69) is 15.5 Å². The predicted molar refractivity (Wildman–Crippen MR) is 125 cm³/mol. The molecule has 0 spiro atoms. The molecule has 1 aromatic rings.